The minimum absolute atomic E-state index is 0.00516. The van der Waals surface area contributed by atoms with Crippen LogP contribution in [0.3, 0.4) is 0 Å². The Kier molecular flexibility index (Phi) is 3.94. The van der Waals surface area contributed by atoms with Crippen molar-refractivity contribution in [1.82, 2.24) is 5.32 Å². The molecule has 128 valence electrons. The minimum Gasteiger partial charge on any atom is -0.508 e. The molecule has 0 radical (unpaired) electrons. The number of carbonyl (C=O) groups is 2. The van der Waals surface area contributed by atoms with Crippen LogP contribution in [0.1, 0.15) is 11.1 Å². The molecule has 1 atom stereocenters. The predicted octanol–water partition coefficient (Wildman–Crippen LogP) is 1.000. The van der Waals surface area contributed by atoms with Gasteiger partial charge < -0.3 is 25.4 Å². The van der Waals surface area contributed by atoms with Gasteiger partial charge in [-0.25, -0.2) is 4.79 Å². The van der Waals surface area contributed by atoms with Crippen LogP contribution in [0.2, 0.25) is 0 Å². The second kappa shape index (κ2) is 5.95. The van der Waals surface area contributed by atoms with Gasteiger partial charge in [-0.1, -0.05) is 24.3 Å². The number of ether oxygens (including phenoxy) is 1. The summed E-state index contributed by atoms with van der Waals surface area (Å²) in [5.41, 5.74) is -1.53. The number of carbonyl (C=O) groups excluding carboxylic acids is 2. The molecule has 1 aliphatic heterocycles. The summed E-state index contributed by atoms with van der Waals surface area (Å²) in [6.07, 6.45) is 0. The largest absolute Gasteiger partial charge is 0.508 e. The van der Waals surface area contributed by atoms with E-state index >= 15 is 0 Å². The fraction of sp³-hybridized carbons (Fsp3) is 0.111. The molecule has 1 heterocycles. The molecule has 0 aromatic heterocycles. The van der Waals surface area contributed by atoms with Gasteiger partial charge in [-0.05, 0) is 35.4 Å². The number of nitrogens with one attached hydrogen (secondary N) is 1. The van der Waals surface area contributed by atoms with Gasteiger partial charge in [0.1, 0.15) is 11.5 Å². The first kappa shape index (κ1) is 16.5. The lowest BCUT2D eigenvalue weighted by atomic mass is 9.90. The molecule has 0 spiro atoms. The number of methoxy groups -OCH3 is 1. The Morgan fingerprint density at radius 3 is 1.92 bits per heavy atom. The van der Waals surface area contributed by atoms with E-state index < -0.39 is 17.6 Å². The lowest BCUT2D eigenvalue weighted by Crippen LogP contribution is -2.51. The third-order valence-electron chi connectivity index (χ3n) is 3.93. The fourth-order valence-electron chi connectivity index (χ4n) is 2.77. The van der Waals surface area contributed by atoms with Gasteiger partial charge in [0.15, 0.2) is 0 Å². The zero-order valence-corrected chi connectivity index (χ0v) is 13.2. The Labute approximate surface area is 142 Å². The van der Waals surface area contributed by atoms with Gasteiger partial charge in [0.05, 0.1) is 12.7 Å². The summed E-state index contributed by atoms with van der Waals surface area (Å²) >= 11 is 0. The lowest BCUT2D eigenvalue weighted by molar-refractivity contribution is -0.159. The van der Waals surface area contributed by atoms with Gasteiger partial charge in [-0.15, -0.1) is 0 Å². The molecule has 7 heteroatoms. The monoisotopic (exact) mass is 341 g/mol. The Balaban J connectivity index is 2.29. The van der Waals surface area contributed by atoms with E-state index in [9.17, 15) is 24.9 Å². The summed E-state index contributed by atoms with van der Waals surface area (Å²) in [7, 11) is 1.10. The highest BCUT2D eigenvalue weighted by molar-refractivity contribution is 6.34. The van der Waals surface area contributed by atoms with Gasteiger partial charge in [0.2, 0.25) is 0 Å². The molecule has 4 N–H and O–H groups in total. The van der Waals surface area contributed by atoms with Crippen molar-refractivity contribution in [3.8, 4) is 11.5 Å². The second-order valence-electron chi connectivity index (χ2n) is 5.50. The molecule has 2 aromatic carbocycles. The third-order valence-corrected chi connectivity index (χ3v) is 3.93. The van der Waals surface area contributed by atoms with Crippen molar-refractivity contribution >= 4 is 23.0 Å². The van der Waals surface area contributed by atoms with Crippen molar-refractivity contribution in [3.05, 3.63) is 59.7 Å². The van der Waals surface area contributed by atoms with E-state index in [2.05, 4.69) is 10.1 Å². The number of hydrogen-bond acceptors (Lipinski definition) is 6. The number of rotatable bonds is 3. The first-order valence-corrected chi connectivity index (χ1v) is 7.33. The standard InChI is InChI=1S/C18H15NO6/c1-25-17(23)18(24)15(11-4-8-13(21)9-5-11)14(16(22)19-18)10-2-6-12(20)7-3-10/h2-9,20-21,24H,1H3,(H,19,22)/t18-/m1/s1. The average Bonchev–Trinajstić information content (AvgIpc) is 2.87. The number of phenolic OH excluding ortho intramolecular Hbond substituents is 2. The van der Waals surface area contributed by atoms with Gasteiger partial charge in [0, 0.05) is 5.57 Å². The van der Waals surface area contributed by atoms with Crippen molar-refractivity contribution in [2.75, 3.05) is 7.11 Å². The SMILES string of the molecule is COC(=O)[C@@]1(O)NC(=O)C(c2ccc(O)cc2)=C1c1ccc(O)cc1. The molecule has 0 saturated carbocycles. The van der Waals surface area contributed by atoms with E-state index in [0.717, 1.165) is 7.11 Å². The van der Waals surface area contributed by atoms with Crippen LogP contribution in [-0.4, -0.2) is 40.0 Å². The maximum absolute atomic E-state index is 12.5. The summed E-state index contributed by atoms with van der Waals surface area (Å²) in [6.45, 7) is 0. The number of hydrogen-bond donors (Lipinski definition) is 4. The molecule has 7 nitrogen and oxygen atoms in total. The minimum atomic E-state index is -2.37. The van der Waals surface area contributed by atoms with E-state index in [1.54, 1.807) is 0 Å². The number of benzene rings is 2. The number of phenols is 2. The Morgan fingerprint density at radius 2 is 1.44 bits per heavy atom. The van der Waals surface area contributed by atoms with Crippen molar-refractivity contribution in [1.29, 1.82) is 0 Å². The molecular weight excluding hydrogens is 326 g/mol. The van der Waals surface area contributed by atoms with Crippen LogP contribution in [0.5, 0.6) is 11.5 Å². The van der Waals surface area contributed by atoms with Crippen molar-refractivity contribution < 1.29 is 29.6 Å². The molecule has 0 fully saturated rings. The van der Waals surface area contributed by atoms with Gasteiger partial charge in [0.25, 0.3) is 11.6 Å². The smallest absolute Gasteiger partial charge is 0.364 e. The molecule has 1 amide bonds. The molecule has 3 rings (SSSR count). The highest BCUT2D eigenvalue weighted by Crippen LogP contribution is 2.40. The highest BCUT2D eigenvalue weighted by Gasteiger charge is 2.51. The maximum Gasteiger partial charge on any atom is 0.364 e. The predicted molar refractivity (Wildman–Crippen MR) is 88.1 cm³/mol. The Morgan fingerprint density at radius 1 is 0.960 bits per heavy atom. The number of aromatic hydroxyl groups is 2. The van der Waals surface area contributed by atoms with Crippen molar-refractivity contribution in [2.45, 2.75) is 5.72 Å². The van der Waals surface area contributed by atoms with Crippen molar-refractivity contribution in [2.24, 2.45) is 0 Å². The Bertz CT molecular complexity index is 869. The van der Waals surface area contributed by atoms with E-state index in [1.165, 1.54) is 48.5 Å². The molecule has 2 aromatic rings. The zero-order valence-electron chi connectivity index (χ0n) is 13.2. The Hall–Kier alpha value is -3.32. The molecular formula is C18H15NO6. The van der Waals surface area contributed by atoms with Crippen LogP contribution in [0.15, 0.2) is 48.5 Å². The quantitative estimate of drug-likeness (QED) is 0.619. The molecule has 25 heavy (non-hydrogen) atoms. The average molecular weight is 341 g/mol. The highest BCUT2D eigenvalue weighted by atomic mass is 16.5. The first-order chi connectivity index (χ1) is 11.9. The summed E-state index contributed by atoms with van der Waals surface area (Å²) < 4.78 is 4.64. The number of aliphatic hydroxyl groups is 1. The van der Waals surface area contributed by atoms with E-state index in [0.29, 0.717) is 11.1 Å². The van der Waals surface area contributed by atoms with Crippen LogP contribution < -0.4 is 5.32 Å². The van der Waals surface area contributed by atoms with Crippen molar-refractivity contribution in [3.63, 3.8) is 0 Å². The number of amides is 1. The third kappa shape index (κ3) is 2.70. The van der Waals surface area contributed by atoms with E-state index in [4.69, 9.17) is 0 Å². The lowest BCUT2D eigenvalue weighted by Gasteiger charge is -2.23. The van der Waals surface area contributed by atoms with Gasteiger partial charge >= 0.3 is 5.97 Å². The van der Waals surface area contributed by atoms with Crippen LogP contribution in [-0.2, 0) is 14.3 Å². The molecule has 0 unspecified atom stereocenters. The normalized spacial score (nSPS) is 19.7. The molecule has 1 aliphatic rings. The summed E-state index contributed by atoms with van der Waals surface area (Å²) in [4.78, 5) is 24.7. The second-order valence-corrected chi connectivity index (χ2v) is 5.50. The molecule has 0 saturated heterocycles. The summed E-state index contributed by atoms with van der Waals surface area (Å²) in [6, 6.07) is 11.5. The number of esters is 1. The zero-order chi connectivity index (χ0) is 18.2. The summed E-state index contributed by atoms with van der Waals surface area (Å²) in [5.74, 6) is -1.70. The molecule has 0 aliphatic carbocycles. The first-order valence-electron chi connectivity index (χ1n) is 7.33. The van der Waals surface area contributed by atoms with Gasteiger partial charge in [-0.3, -0.25) is 4.79 Å². The summed E-state index contributed by atoms with van der Waals surface area (Å²) in [5, 5.41) is 32.0. The van der Waals surface area contributed by atoms with Crippen LogP contribution in [0, 0.1) is 0 Å². The van der Waals surface area contributed by atoms with Crippen LogP contribution in [0.4, 0.5) is 0 Å². The topological polar surface area (TPSA) is 116 Å². The molecule has 0 bridgehead atoms. The van der Waals surface area contributed by atoms with E-state index in [-0.39, 0.29) is 22.6 Å². The maximum atomic E-state index is 12.5. The van der Waals surface area contributed by atoms with Gasteiger partial charge in [-0.2, -0.15) is 0 Å². The van der Waals surface area contributed by atoms with E-state index in [1.807, 2.05) is 0 Å². The van der Waals surface area contributed by atoms with Crippen LogP contribution >= 0.6 is 0 Å². The fourth-order valence-corrected chi connectivity index (χ4v) is 2.77. The van der Waals surface area contributed by atoms with Crippen LogP contribution in [0.25, 0.3) is 11.1 Å².